The lowest BCUT2D eigenvalue weighted by Crippen LogP contribution is -2.29. The van der Waals surface area contributed by atoms with Crippen molar-refractivity contribution in [2.45, 2.75) is 4.90 Å². The smallest absolute Gasteiger partial charge is 0.212 e. The molecule has 0 radical (unpaired) electrons. The maximum atomic E-state index is 11.6. The topological polar surface area (TPSA) is 80.3 Å². The molecule has 0 amide bonds. The third-order valence-corrected chi connectivity index (χ3v) is 5.27. The standard InChI is InChI=1S/C7H7Br2NO4S2/c1-15(11,12)10-16(13,14)7-3-5(8)2-6(9)4-7/h2-4,10H,1H3. The summed E-state index contributed by atoms with van der Waals surface area (Å²) in [7, 11) is -7.89. The zero-order valence-corrected chi connectivity index (χ0v) is 12.7. The summed E-state index contributed by atoms with van der Waals surface area (Å²) in [5, 5.41) is 0. The van der Waals surface area contributed by atoms with E-state index in [9.17, 15) is 16.8 Å². The predicted octanol–water partition coefficient (Wildman–Crippen LogP) is 1.45. The molecule has 5 nitrogen and oxygen atoms in total. The summed E-state index contributed by atoms with van der Waals surface area (Å²) in [5.41, 5.74) is 0. The van der Waals surface area contributed by atoms with E-state index in [0.29, 0.717) is 8.95 Å². The molecule has 0 aromatic heterocycles. The number of nitrogens with one attached hydrogen (secondary N) is 1. The van der Waals surface area contributed by atoms with Gasteiger partial charge in [0, 0.05) is 8.95 Å². The van der Waals surface area contributed by atoms with Gasteiger partial charge in [-0.3, -0.25) is 0 Å². The molecule has 0 saturated heterocycles. The molecule has 0 aliphatic rings. The SMILES string of the molecule is CS(=O)(=O)NS(=O)(=O)c1cc(Br)cc(Br)c1. The molecular formula is C7H7Br2NO4S2. The molecule has 1 rings (SSSR count). The Morgan fingerprint density at radius 1 is 1.00 bits per heavy atom. The second-order valence-electron chi connectivity index (χ2n) is 2.96. The molecule has 0 bridgehead atoms. The van der Waals surface area contributed by atoms with Gasteiger partial charge >= 0.3 is 0 Å². The van der Waals surface area contributed by atoms with Gasteiger partial charge in [-0.1, -0.05) is 31.9 Å². The Morgan fingerprint density at radius 3 is 1.81 bits per heavy atom. The van der Waals surface area contributed by atoms with E-state index in [1.165, 1.54) is 12.1 Å². The zero-order valence-electron chi connectivity index (χ0n) is 7.94. The predicted molar refractivity (Wildman–Crippen MR) is 67.0 cm³/mol. The lowest BCUT2D eigenvalue weighted by Gasteiger charge is -2.05. The van der Waals surface area contributed by atoms with Crippen molar-refractivity contribution in [3.05, 3.63) is 27.1 Å². The number of rotatable bonds is 3. The summed E-state index contributed by atoms with van der Waals surface area (Å²) in [4.78, 5) is -0.140. The van der Waals surface area contributed by atoms with Crippen LogP contribution in [0.5, 0.6) is 0 Å². The van der Waals surface area contributed by atoms with E-state index in [2.05, 4.69) is 31.9 Å². The Labute approximate surface area is 111 Å². The highest BCUT2D eigenvalue weighted by molar-refractivity contribution is 9.11. The van der Waals surface area contributed by atoms with E-state index in [1.54, 1.807) is 10.2 Å². The zero-order chi connectivity index (χ0) is 12.6. The van der Waals surface area contributed by atoms with Crippen LogP contribution in [0.1, 0.15) is 0 Å². The first-order valence-corrected chi connectivity index (χ1v) is 8.76. The highest BCUT2D eigenvalue weighted by Gasteiger charge is 2.19. The number of sulfonamides is 2. The van der Waals surface area contributed by atoms with Crippen molar-refractivity contribution in [2.24, 2.45) is 0 Å². The fourth-order valence-electron chi connectivity index (χ4n) is 0.931. The second kappa shape index (κ2) is 4.73. The summed E-state index contributed by atoms with van der Waals surface area (Å²) < 4.78 is 47.6. The number of hydrogen-bond acceptors (Lipinski definition) is 4. The summed E-state index contributed by atoms with van der Waals surface area (Å²) in [5.74, 6) is 0. The molecule has 16 heavy (non-hydrogen) atoms. The van der Waals surface area contributed by atoms with Crippen LogP contribution in [0.15, 0.2) is 32.0 Å². The van der Waals surface area contributed by atoms with Gasteiger partial charge in [0.05, 0.1) is 11.2 Å². The maximum Gasteiger partial charge on any atom is 0.253 e. The molecule has 0 aliphatic heterocycles. The van der Waals surface area contributed by atoms with Gasteiger partial charge in [0.2, 0.25) is 10.0 Å². The minimum absolute atomic E-state index is 0.140. The van der Waals surface area contributed by atoms with Crippen molar-refractivity contribution in [3.63, 3.8) is 0 Å². The van der Waals surface area contributed by atoms with Gasteiger partial charge in [-0.2, -0.15) is 0 Å². The van der Waals surface area contributed by atoms with Crippen LogP contribution < -0.4 is 4.13 Å². The molecule has 90 valence electrons. The second-order valence-corrected chi connectivity index (χ2v) is 8.48. The first kappa shape index (κ1) is 14.1. The molecule has 0 spiro atoms. The highest BCUT2D eigenvalue weighted by Crippen LogP contribution is 2.23. The van der Waals surface area contributed by atoms with Crippen LogP contribution >= 0.6 is 31.9 Å². The molecule has 0 unspecified atom stereocenters. The first-order valence-electron chi connectivity index (χ1n) is 3.80. The Hall–Kier alpha value is 0.0400. The maximum absolute atomic E-state index is 11.6. The Balaban J connectivity index is 3.28. The molecule has 1 aromatic carbocycles. The van der Waals surface area contributed by atoms with Gasteiger partial charge in [0.25, 0.3) is 10.0 Å². The third-order valence-electron chi connectivity index (χ3n) is 1.41. The van der Waals surface area contributed by atoms with Crippen LogP contribution in [-0.4, -0.2) is 23.1 Å². The summed E-state index contributed by atoms with van der Waals surface area (Å²) in [6, 6.07) is 4.25. The van der Waals surface area contributed by atoms with E-state index >= 15 is 0 Å². The first-order chi connectivity index (χ1) is 7.10. The van der Waals surface area contributed by atoms with Crippen molar-refractivity contribution < 1.29 is 16.8 Å². The monoisotopic (exact) mass is 391 g/mol. The van der Waals surface area contributed by atoms with Crippen LogP contribution in [0.4, 0.5) is 0 Å². The number of halogens is 2. The van der Waals surface area contributed by atoms with Crippen molar-refractivity contribution in [1.29, 1.82) is 0 Å². The molecule has 0 fully saturated rings. The number of benzene rings is 1. The van der Waals surface area contributed by atoms with E-state index in [1.807, 2.05) is 0 Å². The molecule has 0 saturated carbocycles. The summed E-state index contributed by atoms with van der Waals surface area (Å²) in [6.07, 6.45) is 0.775. The molecule has 1 aromatic rings. The molecule has 9 heteroatoms. The molecule has 0 aliphatic carbocycles. The van der Waals surface area contributed by atoms with Gasteiger partial charge in [0.1, 0.15) is 0 Å². The van der Waals surface area contributed by atoms with Crippen LogP contribution in [0.25, 0.3) is 0 Å². The van der Waals surface area contributed by atoms with E-state index in [-0.39, 0.29) is 4.90 Å². The minimum atomic E-state index is -4.06. The Kier molecular flexibility index (Phi) is 4.17. The molecule has 0 heterocycles. The Morgan fingerprint density at radius 2 is 1.44 bits per heavy atom. The third kappa shape index (κ3) is 4.13. The van der Waals surface area contributed by atoms with Gasteiger partial charge in [-0.15, -0.1) is 4.13 Å². The van der Waals surface area contributed by atoms with Gasteiger partial charge in [-0.05, 0) is 18.2 Å². The quantitative estimate of drug-likeness (QED) is 0.844. The van der Waals surface area contributed by atoms with Crippen LogP contribution in [0, 0.1) is 0 Å². The lowest BCUT2D eigenvalue weighted by atomic mass is 10.4. The van der Waals surface area contributed by atoms with E-state index in [0.717, 1.165) is 6.26 Å². The average Bonchev–Trinajstić information content (AvgIpc) is 1.96. The summed E-state index contributed by atoms with van der Waals surface area (Å²) in [6.45, 7) is 0. The fourth-order valence-corrected chi connectivity index (χ4v) is 5.07. The van der Waals surface area contributed by atoms with Gasteiger partial charge in [-0.25, -0.2) is 16.8 Å². The normalized spacial score (nSPS) is 12.7. The molecule has 0 atom stereocenters. The van der Waals surface area contributed by atoms with Crippen LogP contribution in [0.2, 0.25) is 0 Å². The van der Waals surface area contributed by atoms with Gasteiger partial charge in [0.15, 0.2) is 0 Å². The van der Waals surface area contributed by atoms with Crippen LogP contribution in [-0.2, 0) is 20.0 Å². The minimum Gasteiger partial charge on any atom is -0.212 e. The molecule has 1 N–H and O–H groups in total. The lowest BCUT2D eigenvalue weighted by molar-refractivity contribution is 0.580. The van der Waals surface area contributed by atoms with Crippen molar-refractivity contribution in [1.82, 2.24) is 4.13 Å². The number of hydrogen-bond donors (Lipinski definition) is 1. The largest absolute Gasteiger partial charge is 0.253 e. The molecular weight excluding hydrogens is 386 g/mol. The average molecular weight is 393 g/mol. The van der Waals surface area contributed by atoms with Gasteiger partial charge < -0.3 is 0 Å². The van der Waals surface area contributed by atoms with E-state index < -0.39 is 20.0 Å². The van der Waals surface area contributed by atoms with Crippen molar-refractivity contribution in [2.75, 3.05) is 6.26 Å². The van der Waals surface area contributed by atoms with E-state index in [4.69, 9.17) is 0 Å². The summed E-state index contributed by atoms with van der Waals surface area (Å²) >= 11 is 6.23. The van der Waals surface area contributed by atoms with Crippen LogP contribution in [0.3, 0.4) is 0 Å². The fraction of sp³-hybridized carbons (Fsp3) is 0.143. The highest BCUT2D eigenvalue weighted by atomic mass is 79.9. The van der Waals surface area contributed by atoms with Crippen molar-refractivity contribution >= 4 is 51.9 Å². The van der Waals surface area contributed by atoms with Crippen molar-refractivity contribution in [3.8, 4) is 0 Å². The Bertz CT molecular complexity index is 589.